The number of benzene rings is 3. The van der Waals surface area contributed by atoms with Crippen molar-refractivity contribution in [2.45, 2.75) is 45.6 Å². The Morgan fingerprint density at radius 3 is 2.46 bits per heavy atom. The summed E-state index contributed by atoms with van der Waals surface area (Å²) in [7, 11) is 0. The second kappa shape index (κ2) is 11.9. The van der Waals surface area contributed by atoms with E-state index in [9.17, 15) is 14.0 Å². The fraction of sp³-hybridized carbons (Fsp3) is 0.333. The van der Waals surface area contributed by atoms with Crippen molar-refractivity contribution in [2.75, 3.05) is 19.7 Å². The van der Waals surface area contributed by atoms with E-state index in [1.165, 1.54) is 12.1 Å². The molecule has 1 fully saturated rings. The highest BCUT2D eigenvalue weighted by molar-refractivity contribution is 5.87. The molecule has 1 aliphatic rings. The molecule has 6 heteroatoms. The first-order valence-electron chi connectivity index (χ1n) is 13.8. The summed E-state index contributed by atoms with van der Waals surface area (Å²) in [5.74, 6) is -0.568. The molecule has 202 valence electrons. The Morgan fingerprint density at radius 2 is 1.74 bits per heavy atom. The Kier molecular flexibility index (Phi) is 8.10. The molecule has 0 bridgehead atoms. The van der Waals surface area contributed by atoms with Gasteiger partial charge in [-0.15, -0.1) is 0 Å². The van der Waals surface area contributed by atoms with Crippen LogP contribution in [0.25, 0.3) is 10.9 Å². The zero-order valence-electron chi connectivity index (χ0n) is 22.6. The number of nitrogens with zero attached hydrogens (tertiary/aromatic N) is 2. The van der Waals surface area contributed by atoms with Crippen LogP contribution in [0.5, 0.6) is 0 Å². The number of esters is 1. The first-order valence-corrected chi connectivity index (χ1v) is 13.8. The van der Waals surface area contributed by atoms with Gasteiger partial charge in [0.2, 0.25) is 5.91 Å². The van der Waals surface area contributed by atoms with E-state index in [4.69, 9.17) is 4.74 Å². The summed E-state index contributed by atoms with van der Waals surface area (Å²) >= 11 is 0. The number of para-hydroxylation sites is 1. The average Bonchev–Trinajstić information content (AvgIpc) is 3.31. The Labute approximate surface area is 229 Å². The average molecular weight is 527 g/mol. The van der Waals surface area contributed by atoms with Crippen LogP contribution in [0.15, 0.2) is 79.0 Å². The molecule has 1 atom stereocenters. The number of hydrogen-bond donors (Lipinski definition) is 0. The maximum absolute atomic E-state index is 13.7. The Bertz CT molecular complexity index is 1450. The molecular formula is C33H35FN2O3. The van der Waals surface area contributed by atoms with Crippen molar-refractivity contribution in [1.82, 2.24) is 9.47 Å². The van der Waals surface area contributed by atoms with Gasteiger partial charge in [0.25, 0.3) is 0 Å². The molecule has 1 saturated heterocycles. The van der Waals surface area contributed by atoms with Gasteiger partial charge in [0.1, 0.15) is 5.82 Å². The zero-order chi connectivity index (χ0) is 27.4. The number of aromatic nitrogens is 1. The van der Waals surface area contributed by atoms with Crippen molar-refractivity contribution in [3.8, 4) is 0 Å². The Morgan fingerprint density at radius 1 is 1.00 bits per heavy atom. The molecule has 5 rings (SSSR count). The van der Waals surface area contributed by atoms with Crippen LogP contribution in [-0.4, -0.2) is 41.0 Å². The molecule has 5 nitrogen and oxygen atoms in total. The molecule has 1 aliphatic heterocycles. The van der Waals surface area contributed by atoms with Crippen LogP contribution in [0.1, 0.15) is 54.4 Å². The third kappa shape index (κ3) is 6.06. The second-order valence-electron chi connectivity index (χ2n) is 10.4. The SMILES string of the molecule is CCOC(=O)C1CCN(C(=O)CC(c2cccc(C)c2)c2cn(Cc3ccc(F)cc3)c3ccccc23)CC1. The number of rotatable bonds is 8. The first kappa shape index (κ1) is 26.7. The fourth-order valence-electron chi connectivity index (χ4n) is 5.69. The van der Waals surface area contributed by atoms with Crippen molar-refractivity contribution in [3.63, 3.8) is 0 Å². The topological polar surface area (TPSA) is 51.5 Å². The van der Waals surface area contributed by atoms with Crippen LogP contribution in [0, 0.1) is 18.7 Å². The number of carbonyl (C=O) groups is 2. The number of carbonyl (C=O) groups excluding carboxylic acids is 2. The molecule has 39 heavy (non-hydrogen) atoms. The summed E-state index contributed by atoms with van der Waals surface area (Å²) < 4.78 is 20.9. The monoisotopic (exact) mass is 526 g/mol. The molecule has 0 radical (unpaired) electrons. The van der Waals surface area contributed by atoms with Crippen LogP contribution in [-0.2, 0) is 20.9 Å². The highest BCUT2D eigenvalue weighted by atomic mass is 19.1. The summed E-state index contributed by atoms with van der Waals surface area (Å²) in [6, 6.07) is 23.2. The van der Waals surface area contributed by atoms with Gasteiger partial charge in [-0.1, -0.05) is 60.2 Å². The number of aryl methyl sites for hydroxylation is 1. The third-order valence-corrected chi connectivity index (χ3v) is 7.75. The lowest BCUT2D eigenvalue weighted by Crippen LogP contribution is -2.41. The molecule has 0 N–H and O–H groups in total. The largest absolute Gasteiger partial charge is 0.466 e. The number of fused-ring (bicyclic) bond motifs is 1. The third-order valence-electron chi connectivity index (χ3n) is 7.75. The van der Waals surface area contributed by atoms with E-state index >= 15 is 0 Å². The number of ether oxygens (including phenoxy) is 1. The summed E-state index contributed by atoms with van der Waals surface area (Å²) in [4.78, 5) is 27.8. The lowest BCUT2D eigenvalue weighted by Gasteiger charge is -2.32. The summed E-state index contributed by atoms with van der Waals surface area (Å²) in [5.41, 5.74) is 5.45. The van der Waals surface area contributed by atoms with E-state index < -0.39 is 0 Å². The minimum Gasteiger partial charge on any atom is -0.466 e. The molecule has 2 heterocycles. The second-order valence-corrected chi connectivity index (χ2v) is 10.4. The zero-order valence-corrected chi connectivity index (χ0v) is 22.6. The Balaban J connectivity index is 1.45. The molecule has 1 amide bonds. The van der Waals surface area contributed by atoms with Gasteiger partial charge in [-0.25, -0.2) is 4.39 Å². The van der Waals surface area contributed by atoms with Gasteiger partial charge in [0, 0.05) is 49.1 Å². The maximum Gasteiger partial charge on any atom is 0.309 e. The summed E-state index contributed by atoms with van der Waals surface area (Å²) in [5, 5.41) is 1.11. The van der Waals surface area contributed by atoms with Crippen molar-refractivity contribution in [2.24, 2.45) is 5.92 Å². The van der Waals surface area contributed by atoms with E-state index in [2.05, 4.69) is 48.0 Å². The predicted molar refractivity (Wildman–Crippen MR) is 151 cm³/mol. The van der Waals surface area contributed by atoms with Crippen molar-refractivity contribution in [1.29, 1.82) is 0 Å². The van der Waals surface area contributed by atoms with Gasteiger partial charge in [0.05, 0.1) is 12.5 Å². The smallest absolute Gasteiger partial charge is 0.309 e. The van der Waals surface area contributed by atoms with Crippen LogP contribution in [0.3, 0.4) is 0 Å². The summed E-state index contributed by atoms with van der Waals surface area (Å²) in [6.45, 7) is 6.00. The lowest BCUT2D eigenvalue weighted by molar-refractivity contribution is -0.151. The van der Waals surface area contributed by atoms with E-state index in [0.29, 0.717) is 45.5 Å². The summed E-state index contributed by atoms with van der Waals surface area (Å²) in [6.07, 6.45) is 3.77. The number of hydrogen-bond acceptors (Lipinski definition) is 3. The van der Waals surface area contributed by atoms with Gasteiger partial charge in [0.15, 0.2) is 0 Å². The molecule has 0 aliphatic carbocycles. The van der Waals surface area contributed by atoms with Gasteiger partial charge >= 0.3 is 5.97 Å². The number of piperidine rings is 1. The van der Waals surface area contributed by atoms with Crippen LogP contribution < -0.4 is 0 Å². The molecule has 1 unspecified atom stereocenters. The minimum absolute atomic E-state index is 0.0965. The normalized spacial score (nSPS) is 14.9. The number of amides is 1. The maximum atomic E-state index is 13.7. The molecule has 0 spiro atoms. The molecule has 1 aromatic heterocycles. The highest BCUT2D eigenvalue weighted by Gasteiger charge is 2.30. The predicted octanol–water partition coefficient (Wildman–Crippen LogP) is 6.46. The van der Waals surface area contributed by atoms with Crippen LogP contribution in [0.4, 0.5) is 4.39 Å². The minimum atomic E-state index is -0.249. The van der Waals surface area contributed by atoms with Gasteiger partial charge in [-0.05, 0) is 61.6 Å². The molecule has 3 aromatic carbocycles. The van der Waals surface area contributed by atoms with E-state index in [0.717, 1.165) is 33.2 Å². The van der Waals surface area contributed by atoms with Crippen molar-refractivity contribution >= 4 is 22.8 Å². The van der Waals surface area contributed by atoms with Crippen molar-refractivity contribution < 1.29 is 18.7 Å². The van der Waals surface area contributed by atoms with Gasteiger partial charge < -0.3 is 14.2 Å². The lowest BCUT2D eigenvalue weighted by atomic mass is 9.86. The van der Waals surface area contributed by atoms with Gasteiger partial charge in [-0.3, -0.25) is 9.59 Å². The standard InChI is InChI=1S/C33H35FN2O3/c1-3-39-33(38)25-15-17-35(18-16-25)32(37)20-29(26-8-6-7-23(2)19-26)30-22-36(31-10-5-4-9-28(30)31)21-24-11-13-27(34)14-12-24/h4-14,19,22,25,29H,3,15-18,20-21H2,1-2H3. The number of halogens is 1. The van der Waals surface area contributed by atoms with Crippen molar-refractivity contribution in [3.05, 3.63) is 107 Å². The van der Waals surface area contributed by atoms with Gasteiger partial charge in [-0.2, -0.15) is 0 Å². The van der Waals surface area contributed by atoms with E-state index in [1.54, 1.807) is 0 Å². The fourth-order valence-corrected chi connectivity index (χ4v) is 5.69. The molecule has 4 aromatic rings. The van der Waals surface area contributed by atoms with E-state index in [-0.39, 0.29) is 29.5 Å². The molecular weight excluding hydrogens is 491 g/mol. The first-order chi connectivity index (χ1) is 18.9. The Hall–Kier alpha value is -3.93. The highest BCUT2D eigenvalue weighted by Crippen LogP contribution is 2.36. The van der Waals surface area contributed by atoms with E-state index in [1.807, 2.05) is 42.2 Å². The number of likely N-dealkylation sites (tertiary alicyclic amines) is 1. The van der Waals surface area contributed by atoms with Crippen LogP contribution >= 0.6 is 0 Å². The quantitative estimate of drug-likeness (QED) is 0.248. The molecule has 0 saturated carbocycles. The van der Waals surface area contributed by atoms with Crippen LogP contribution in [0.2, 0.25) is 0 Å².